The first-order chi connectivity index (χ1) is 15.3. The first-order valence-corrected chi connectivity index (χ1v) is 10.5. The van der Waals surface area contributed by atoms with Crippen molar-refractivity contribution in [3.63, 3.8) is 0 Å². The standard InChI is InChI=1S/C23H20ClN3O5/c1-14-7-6-10-17-20(14)23(30)26(22(17)29)25(13-15-8-2-4-11-18(15)24)21(28)16-9-3-5-12-19(16)27(31)32/h2-9,11-12,14,17,20H,10,13H2,1H3/t14-,17-,20+/m1/s1. The maximum Gasteiger partial charge on any atom is 0.282 e. The molecule has 2 aromatic rings. The first-order valence-electron chi connectivity index (χ1n) is 10.1. The van der Waals surface area contributed by atoms with Crippen LogP contribution in [0.25, 0.3) is 0 Å². The van der Waals surface area contributed by atoms with Crippen LogP contribution in [0, 0.1) is 27.9 Å². The molecular weight excluding hydrogens is 434 g/mol. The smallest absolute Gasteiger partial charge is 0.272 e. The van der Waals surface area contributed by atoms with Crippen LogP contribution in [0.1, 0.15) is 29.3 Å². The first kappa shape index (κ1) is 21.7. The van der Waals surface area contributed by atoms with Crippen molar-refractivity contribution in [1.82, 2.24) is 10.0 Å². The summed E-state index contributed by atoms with van der Waals surface area (Å²) in [4.78, 5) is 51.0. The Morgan fingerprint density at radius 2 is 1.84 bits per heavy atom. The molecule has 32 heavy (non-hydrogen) atoms. The number of nitro groups is 1. The van der Waals surface area contributed by atoms with Gasteiger partial charge in [0, 0.05) is 11.1 Å². The minimum atomic E-state index is -0.821. The van der Waals surface area contributed by atoms with Gasteiger partial charge in [-0.1, -0.05) is 61.0 Å². The fourth-order valence-electron chi connectivity index (χ4n) is 4.34. The second kappa shape index (κ2) is 8.55. The molecule has 3 amide bonds. The molecule has 9 heteroatoms. The topological polar surface area (TPSA) is 101 Å². The molecule has 8 nitrogen and oxygen atoms in total. The van der Waals surface area contributed by atoms with Crippen molar-refractivity contribution in [3.05, 3.63) is 86.9 Å². The number of imide groups is 1. The van der Waals surface area contributed by atoms with Crippen LogP contribution >= 0.6 is 11.6 Å². The van der Waals surface area contributed by atoms with Crippen molar-refractivity contribution in [2.75, 3.05) is 0 Å². The van der Waals surface area contributed by atoms with Crippen LogP contribution in [-0.2, 0) is 16.1 Å². The zero-order chi connectivity index (χ0) is 23.0. The van der Waals surface area contributed by atoms with Crippen molar-refractivity contribution in [3.8, 4) is 0 Å². The molecule has 0 unspecified atom stereocenters. The molecule has 1 aliphatic heterocycles. The Morgan fingerprint density at radius 1 is 1.16 bits per heavy atom. The van der Waals surface area contributed by atoms with Crippen LogP contribution in [-0.4, -0.2) is 32.7 Å². The van der Waals surface area contributed by atoms with E-state index < -0.39 is 40.2 Å². The SMILES string of the molecule is C[C@@H]1C=CC[C@H]2C(=O)N(N(Cc3ccccc3Cl)C(=O)c3ccccc3[N+](=O)[O-])C(=O)[C@@H]12. The minimum absolute atomic E-state index is 0.168. The highest BCUT2D eigenvalue weighted by Gasteiger charge is 2.53. The fraction of sp³-hybridized carbons (Fsp3) is 0.261. The van der Waals surface area contributed by atoms with E-state index in [1.165, 1.54) is 24.3 Å². The third kappa shape index (κ3) is 3.67. The van der Waals surface area contributed by atoms with Gasteiger partial charge >= 0.3 is 0 Å². The highest BCUT2D eigenvalue weighted by Crippen LogP contribution is 2.40. The third-order valence-electron chi connectivity index (χ3n) is 5.93. The van der Waals surface area contributed by atoms with Crippen molar-refractivity contribution in [2.24, 2.45) is 17.8 Å². The van der Waals surface area contributed by atoms with Crippen molar-refractivity contribution >= 4 is 35.0 Å². The number of hydrogen-bond acceptors (Lipinski definition) is 5. The molecule has 164 valence electrons. The summed E-state index contributed by atoms with van der Waals surface area (Å²) in [6.07, 6.45) is 4.15. The molecule has 1 heterocycles. The maximum absolute atomic E-state index is 13.6. The molecule has 2 aromatic carbocycles. The molecular formula is C23H20ClN3O5. The van der Waals surface area contributed by atoms with Crippen LogP contribution in [0.2, 0.25) is 5.02 Å². The van der Waals surface area contributed by atoms with Gasteiger partial charge in [0.05, 0.1) is 23.3 Å². The molecule has 4 rings (SSSR count). The zero-order valence-corrected chi connectivity index (χ0v) is 17.9. The largest absolute Gasteiger partial charge is 0.282 e. The number of allylic oxidation sites excluding steroid dienone is 2. The van der Waals surface area contributed by atoms with E-state index in [-0.39, 0.29) is 18.0 Å². The fourth-order valence-corrected chi connectivity index (χ4v) is 4.54. The van der Waals surface area contributed by atoms with Gasteiger partial charge in [0.25, 0.3) is 23.4 Å². The Morgan fingerprint density at radius 3 is 2.53 bits per heavy atom. The van der Waals surface area contributed by atoms with E-state index >= 15 is 0 Å². The molecule has 1 saturated heterocycles. The van der Waals surface area contributed by atoms with Gasteiger partial charge in [-0.25, -0.2) is 5.01 Å². The van der Waals surface area contributed by atoms with E-state index in [0.29, 0.717) is 17.0 Å². The molecule has 1 aliphatic carbocycles. The summed E-state index contributed by atoms with van der Waals surface area (Å²) >= 11 is 6.28. The lowest BCUT2D eigenvalue weighted by atomic mass is 9.78. The number of carbonyl (C=O) groups excluding carboxylic acids is 3. The van der Waals surface area contributed by atoms with Gasteiger partial charge < -0.3 is 0 Å². The number of para-hydroxylation sites is 1. The van der Waals surface area contributed by atoms with Crippen molar-refractivity contribution in [1.29, 1.82) is 0 Å². The molecule has 0 saturated carbocycles. The Bertz CT molecular complexity index is 1150. The van der Waals surface area contributed by atoms with Crippen LogP contribution < -0.4 is 0 Å². The average Bonchev–Trinajstić information content (AvgIpc) is 3.04. The molecule has 0 aromatic heterocycles. The Labute approximate surface area is 189 Å². The average molecular weight is 454 g/mol. The van der Waals surface area contributed by atoms with Gasteiger partial charge in [-0.2, -0.15) is 5.01 Å². The lowest BCUT2D eigenvalue weighted by Crippen LogP contribution is -2.50. The summed E-state index contributed by atoms with van der Waals surface area (Å²) in [5.74, 6) is -3.13. The summed E-state index contributed by atoms with van der Waals surface area (Å²) in [7, 11) is 0. The summed E-state index contributed by atoms with van der Waals surface area (Å²) in [6.45, 7) is 1.66. The van der Waals surface area contributed by atoms with Crippen LogP contribution in [0.3, 0.4) is 0 Å². The van der Waals surface area contributed by atoms with E-state index in [1.54, 1.807) is 24.3 Å². The van der Waals surface area contributed by atoms with Crippen molar-refractivity contribution < 1.29 is 19.3 Å². The normalized spacial score (nSPS) is 22.1. The van der Waals surface area contributed by atoms with Crippen LogP contribution in [0.5, 0.6) is 0 Å². The summed E-state index contributed by atoms with van der Waals surface area (Å²) < 4.78 is 0. The van der Waals surface area contributed by atoms with Gasteiger partial charge in [-0.05, 0) is 30.0 Å². The quantitative estimate of drug-likeness (QED) is 0.295. The van der Waals surface area contributed by atoms with E-state index in [0.717, 1.165) is 10.0 Å². The summed E-state index contributed by atoms with van der Waals surface area (Å²) in [5, 5.41) is 13.7. The van der Waals surface area contributed by atoms with E-state index in [9.17, 15) is 24.5 Å². The third-order valence-corrected chi connectivity index (χ3v) is 6.30. The lowest BCUT2D eigenvalue weighted by molar-refractivity contribution is -0.385. The predicted octanol–water partition coefficient (Wildman–Crippen LogP) is 4.00. The molecule has 0 radical (unpaired) electrons. The summed E-state index contributed by atoms with van der Waals surface area (Å²) in [6, 6.07) is 12.2. The van der Waals surface area contributed by atoms with Crippen molar-refractivity contribution in [2.45, 2.75) is 19.9 Å². The number of halogens is 1. The van der Waals surface area contributed by atoms with E-state index in [1.807, 2.05) is 19.1 Å². The molecule has 2 aliphatic rings. The lowest BCUT2D eigenvalue weighted by Gasteiger charge is -2.31. The minimum Gasteiger partial charge on any atom is -0.272 e. The van der Waals surface area contributed by atoms with Crippen LogP contribution in [0.15, 0.2) is 60.7 Å². The zero-order valence-electron chi connectivity index (χ0n) is 17.2. The second-order valence-electron chi connectivity index (χ2n) is 7.87. The number of nitro benzene ring substituents is 1. The molecule has 0 bridgehead atoms. The number of hydrogen-bond donors (Lipinski definition) is 0. The molecule has 1 fully saturated rings. The van der Waals surface area contributed by atoms with Crippen LogP contribution in [0.4, 0.5) is 5.69 Å². The van der Waals surface area contributed by atoms with Gasteiger partial charge in [0.1, 0.15) is 5.56 Å². The number of carbonyl (C=O) groups is 3. The van der Waals surface area contributed by atoms with E-state index in [2.05, 4.69) is 0 Å². The van der Waals surface area contributed by atoms with Gasteiger partial charge in [0.2, 0.25) is 0 Å². The van der Waals surface area contributed by atoms with Gasteiger partial charge in [0.15, 0.2) is 0 Å². The number of rotatable bonds is 5. The monoisotopic (exact) mass is 453 g/mol. The summed E-state index contributed by atoms with van der Waals surface area (Å²) in [5.41, 5.74) is -0.123. The number of amides is 3. The molecule has 3 atom stereocenters. The van der Waals surface area contributed by atoms with Gasteiger partial charge in [-0.3, -0.25) is 24.5 Å². The number of benzene rings is 2. The van der Waals surface area contributed by atoms with Gasteiger partial charge in [-0.15, -0.1) is 0 Å². The Kier molecular flexibility index (Phi) is 5.80. The number of fused-ring (bicyclic) bond motifs is 1. The highest BCUT2D eigenvalue weighted by molar-refractivity contribution is 6.31. The molecule has 0 spiro atoms. The number of nitrogens with zero attached hydrogens (tertiary/aromatic N) is 3. The highest BCUT2D eigenvalue weighted by atomic mass is 35.5. The molecule has 0 N–H and O–H groups in total. The van der Waals surface area contributed by atoms with E-state index in [4.69, 9.17) is 11.6 Å². The maximum atomic E-state index is 13.6. The Hall–Kier alpha value is -3.52. The predicted molar refractivity (Wildman–Crippen MR) is 116 cm³/mol. The Balaban J connectivity index is 1.80. The second-order valence-corrected chi connectivity index (χ2v) is 8.28. The number of hydrazine groups is 1.